The van der Waals surface area contributed by atoms with Crippen LogP contribution in [0.15, 0.2) is 59.1 Å². The molecule has 0 aliphatic carbocycles. The number of esters is 1. The molecule has 0 saturated carbocycles. The Kier molecular flexibility index (Phi) is 5.54. The molecule has 1 atom stereocenters. The summed E-state index contributed by atoms with van der Waals surface area (Å²) in [5, 5.41) is 3.84. The van der Waals surface area contributed by atoms with Crippen LogP contribution in [0.4, 0.5) is 5.69 Å². The van der Waals surface area contributed by atoms with Crippen LogP contribution in [0.2, 0.25) is 5.15 Å². The van der Waals surface area contributed by atoms with Gasteiger partial charge in [0.05, 0.1) is 11.1 Å². The highest BCUT2D eigenvalue weighted by Crippen LogP contribution is 2.18. The molecule has 2 aromatic carbocycles. The number of benzene rings is 2. The van der Waals surface area contributed by atoms with Crippen LogP contribution in [0.3, 0.4) is 0 Å². The first kappa shape index (κ1) is 18.4. The van der Waals surface area contributed by atoms with Gasteiger partial charge in [0.2, 0.25) is 0 Å². The molecule has 0 fully saturated rings. The molecule has 1 heterocycles. The number of hydrogen-bond donors (Lipinski definition) is 1. The van der Waals surface area contributed by atoms with E-state index in [0.29, 0.717) is 21.9 Å². The Labute approximate surface area is 163 Å². The Morgan fingerprint density at radius 2 is 1.85 bits per heavy atom. The van der Waals surface area contributed by atoms with Gasteiger partial charge in [-0.3, -0.25) is 4.79 Å². The predicted molar refractivity (Wildman–Crippen MR) is 104 cm³/mol. The highest BCUT2D eigenvalue weighted by atomic mass is 79.9. The number of carbonyl (C=O) groups excluding carboxylic acids is 2. The maximum absolute atomic E-state index is 12.3. The number of aromatic nitrogens is 1. The largest absolute Gasteiger partial charge is 0.449 e. The number of nitrogens with zero attached hydrogens (tertiary/aromatic N) is 1. The Morgan fingerprint density at radius 3 is 2.58 bits per heavy atom. The molecular formula is C19H14BrClN2O3. The van der Waals surface area contributed by atoms with E-state index in [1.807, 2.05) is 12.1 Å². The summed E-state index contributed by atoms with van der Waals surface area (Å²) in [4.78, 5) is 28.7. The molecule has 0 spiro atoms. The summed E-state index contributed by atoms with van der Waals surface area (Å²) in [5.74, 6) is -0.991. The van der Waals surface area contributed by atoms with Crippen LogP contribution in [0.5, 0.6) is 0 Å². The van der Waals surface area contributed by atoms with Gasteiger partial charge >= 0.3 is 5.97 Å². The summed E-state index contributed by atoms with van der Waals surface area (Å²) < 4.78 is 6.16. The first-order valence-corrected chi connectivity index (χ1v) is 8.93. The number of fused-ring (bicyclic) bond motifs is 1. The smallest absolute Gasteiger partial charge is 0.338 e. The van der Waals surface area contributed by atoms with Gasteiger partial charge in [-0.1, -0.05) is 27.5 Å². The summed E-state index contributed by atoms with van der Waals surface area (Å²) in [7, 11) is 0. The van der Waals surface area contributed by atoms with Crippen molar-refractivity contribution in [3.05, 3.63) is 69.8 Å². The molecule has 0 bridgehead atoms. The summed E-state index contributed by atoms with van der Waals surface area (Å²) in [6.45, 7) is 1.52. The third kappa shape index (κ3) is 4.39. The van der Waals surface area contributed by atoms with Gasteiger partial charge in [-0.25, -0.2) is 9.78 Å². The van der Waals surface area contributed by atoms with Crippen LogP contribution >= 0.6 is 27.5 Å². The number of nitrogens with one attached hydrogen (secondary N) is 1. The zero-order valence-electron chi connectivity index (χ0n) is 13.7. The number of hydrogen-bond acceptors (Lipinski definition) is 4. The minimum Gasteiger partial charge on any atom is -0.449 e. The number of rotatable bonds is 4. The van der Waals surface area contributed by atoms with Gasteiger partial charge in [-0.05, 0) is 61.5 Å². The van der Waals surface area contributed by atoms with Gasteiger partial charge in [0.25, 0.3) is 5.91 Å². The van der Waals surface area contributed by atoms with Crippen molar-refractivity contribution in [2.45, 2.75) is 13.0 Å². The number of anilines is 1. The van der Waals surface area contributed by atoms with Crippen molar-refractivity contribution >= 4 is 56.0 Å². The van der Waals surface area contributed by atoms with Crippen molar-refractivity contribution in [3.63, 3.8) is 0 Å². The van der Waals surface area contributed by atoms with E-state index < -0.39 is 18.0 Å². The van der Waals surface area contributed by atoms with Gasteiger partial charge in [0, 0.05) is 15.5 Å². The second-order valence-corrected chi connectivity index (χ2v) is 6.89. The molecule has 0 radical (unpaired) electrons. The van der Waals surface area contributed by atoms with E-state index >= 15 is 0 Å². The topological polar surface area (TPSA) is 68.3 Å². The van der Waals surface area contributed by atoms with Gasteiger partial charge in [-0.2, -0.15) is 0 Å². The molecule has 0 aliphatic rings. The van der Waals surface area contributed by atoms with E-state index in [4.69, 9.17) is 16.3 Å². The van der Waals surface area contributed by atoms with Crippen LogP contribution in [0, 0.1) is 0 Å². The normalized spacial score (nSPS) is 11.8. The molecule has 3 rings (SSSR count). The van der Waals surface area contributed by atoms with Crippen LogP contribution in [-0.4, -0.2) is 23.0 Å². The molecule has 1 N–H and O–H groups in total. The van der Waals surface area contributed by atoms with E-state index in [1.165, 1.54) is 6.92 Å². The summed E-state index contributed by atoms with van der Waals surface area (Å²) in [5.41, 5.74) is 1.63. The van der Waals surface area contributed by atoms with Crippen LogP contribution in [-0.2, 0) is 9.53 Å². The van der Waals surface area contributed by atoms with Crippen molar-refractivity contribution < 1.29 is 14.3 Å². The van der Waals surface area contributed by atoms with E-state index in [2.05, 4.69) is 26.2 Å². The summed E-state index contributed by atoms with van der Waals surface area (Å²) in [6, 6.07) is 15.5. The molecular weight excluding hydrogens is 420 g/mol. The minimum absolute atomic E-state index is 0.338. The van der Waals surface area contributed by atoms with E-state index in [-0.39, 0.29) is 0 Å². The van der Waals surface area contributed by atoms with Gasteiger partial charge in [-0.15, -0.1) is 0 Å². The fraction of sp³-hybridized carbons (Fsp3) is 0.105. The average Bonchev–Trinajstić information content (AvgIpc) is 2.63. The van der Waals surface area contributed by atoms with Crippen LogP contribution in [0.1, 0.15) is 17.3 Å². The van der Waals surface area contributed by atoms with Gasteiger partial charge in [0.15, 0.2) is 6.10 Å². The molecule has 132 valence electrons. The number of pyridine rings is 1. The Hall–Kier alpha value is -2.44. The lowest BCUT2D eigenvalue weighted by Gasteiger charge is -2.14. The minimum atomic E-state index is -0.940. The maximum atomic E-state index is 12.3. The lowest BCUT2D eigenvalue weighted by atomic mass is 10.1. The first-order valence-electron chi connectivity index (χ1n) is 7.76. The van der Waals surface area contributed by atoms with Gasteiger partial charge < -0.3 is 10.1 Å². The fourth-order valence-electron chi connectivity index (χ4n) is 2.29. The van der Waals surface area contributed by atoms with Gasteiger partial charge in [0.1, 0.15) is 5.15 Å². The number of amides is 1. The first-order chi connectivity index (χ1) is 12.4. The molecule has 0 saturated heterocycles. The van der Waals surface area contributed by atoms with E-state index in [9.17, 15) is 9.59 Å². The molecule has 1 aromatic heterocycles. The number of ether oxygens (including phenoxy) is 1. The quantitative estimate of drug-likeness (QED) is 0.472. The molecule has 0 aliphatic heterocycles. The zero-order valence-corrected chi connectivity index (χ0v) is 16.0. The number of halogens is 2. The second-order valence-electron chi connectivity index (χ2n) is 5.59. The van der Waals surface area contributed by atoms with Crippen molar-refractivity contribution in [2.75, 3.05) is 5.32 Å². The zero-order chi connectivity index (χ0) is 18.7. The number of carbonyl (C=O) groups is 2. The fourth-order valence-corrected chi connectivity index (χ4v) is 2.71. The van der Waals surface area contributed by atoms with E-state index in [0.717, 1.165) is 9.86 Å². The third-order valence-electron chi connectivity index (χ3n) is 3.66. The standard InChI is InChI=1S/C19H14BrClN2O3/c1-11(18(24)22-15-6-4-14(20)5-7-15)26-19(25)13-2-8-16-12(10-13)3-9-17(21)23-16/h2-11H,1H3,(H,22,24). The van der Waals surface area contributed by atoms with Crippen LogP contribution in [0.25, 0.3) is 10.9 Å². The van der Waals surface area contributed by atoms with Crippen LogP contribution < -0.4 is 5.32 Å². The molecule has 1 amide bonds. The highest BCUT2D eigenvalue weighted by Gasteiger charge is 2.19. The SMILES string of the molecule is CC(OC(=O)c1ccc2nc(Cl)ccc2c1)C(=O)Nc1ccc(Br)cc1. The Balaban J connectivity index is 1.67. The van der Waals surface area contributed by atoms with Crippen molar-refractivity contribution in [3.8, 4) is 0 Å². The second kappa shape index (κ2) is 7.85. The molecule has 26 heavy (non-hydrogen) atoms. The molecule has 1 unspecified atom stereocenters. The molecule has 7 heteroatoms. The summed E-state index contributed by atoms with van der Waals surface area (Å²) >= 11 is 9.18. The lowest BCUT2D eigenvalue weighted by molar-refractivity contribution is -0.123. The van der Waals surface area contributed by atoms with E-state index in [1.54, 1.807) is 42.5 Å². The third-order valence-corrected chi connectivity index (χ3v) is 4.39. The Morgan fingerprint density at radius 1 is 1.12 bits per heavy atom. The Bertz CT molecular complexity index is 976. The highest BCUT2D eigenvalue weighted by molar-refractivity contribution is 9.10. The molecule has 5 nitrogen and oxygen atoms in total. The maximum Gasteiger partial charge on any atom is 0.338 e. The predicted octanol–water partition coefficient (Wildman–Crippen LogP) is 4.83. The lowest BCUT2D eigenvalue weighted by Crippen LogP contribution is -2.30. The molecule has 3 aromatic rings. The monoisotopic (exact) mass is 432 g/mol. The van der Waals surface area contributed by atoms with Crippen molar-refractivity contribution in [1.82, 2.24) is 4.98 Å². The van der Waals surface area contributed by atoms with Crippen molar-refractivity contribution in [2.24, 2.45) is 0 Å². The average molecular weight is 434 g/mol. The summed E-state index contributed by atoms with van der Waals surface area (Å²) in [6.07, 6.45) is -0.940. The van der Waals surface area contributed by atoms with Crippen molar-refractivity contribution in [1.29, 1.82) is 0 Å².